The first-order valence-electron chi connectivity index (χ1n) is 3.93. The van der Waals surface area contributed by atoms with E-state index in [9.17, 15) is 5.11 Å². The molecule has 0 aromatic heterocycles. The van der Waals surface area contributed by atoms with Gasteiger partial charge in [0.15, 0.2) is 0 Å². The minimum atomic E-state index is -0.927. The fourth-order valence-corrected chi connectivity index (χ4v) is 2.04. The third kappa shape index (κ3) is 8.18. The van der Waals surface area contributed by atoms with Crippen molar-refractivity contribution in [3.8, 4) is 0 Å². The van der Waals surface area contributed by atoms with Gasteiger partial charge in [-0.3, -0.25) is 0 Å². The van der Waals surface area contributed by atoms with Crippen molar-refractivity contribution in [2.75, 3.05) is 0 Å². The van der Waals surface area contributed by atoms with Gasteiger partial charge >= 0.3 is 0 Å². The van der Waals surface area contributed by atoms with Crippen LogP contribution in [0.3, 0.4) is 0 Å². The van der Waals surface area contributed by atoms with Gasteiger partial charge in [-0.05, 0) is 20.3 Å². The van der Waals surface area contributed by atoms with Crippen LogP contribution in [0.1, 0.15) is 20.3 Å². The number of hydrogen-bond acceptors (Lipinski definition) is 1. The van der Waals surface area contributed by atoms with Crippen molar-refractivity contribution < 1.29 is 5.11 Å². The van der Waals surface area contributed by atoms with Crippen molar-refractivity contribution in [1.82, 2.24) is 0 Å². The molecule has 0 bridgehead atoms. The molecule has 2 heteroatoms. The zero-order valence-corrected chi connectivity index (χ0v) is 8.86. The zero-order chi connectivity index (χ0) is 8.41. The van der Waals surface area contributed by atoms with Gasteiger partial charge in [0.1, 0.15) is 0 Å². The molecule has 0 rings (SSSR count). The van der Waals surface area contributed by atoms with Crippen LogP contribution in [0.25, 0.3) is 0 Å². The standard InChI is InChI=1S/C8H20OSi/c1-8(2,9)6-7-10(3,4)5/h9H,6-7H2,1-5H3. The van der Waals surface area contributed by atoms with Gasteiger partial charge in [-0.15, -0.1) is 0 Å². The number of hydrogen-bond donors (Lipinski definition) is 1. The van der Waals surface area contributed by atoms with Gasteiger partial charge in [0.25, 0.3) is 0 Å². The molecular weight excluding hydrogens is 140 g/mol. The maximum absolute atomic E-state index is 9.40. The quantitative estimate of drug-likeness (QED) is 0.629. The molecule has 0 amide bonds. The third-order valence-corrected chi connectivity index (χ3v) is 3.24. The van der Waals surface area contributed by atoms with Crippen molar-refractivity contribution in [1.29, 1.82) is 0 Å². The van der Waals surface area contributed by atoms with Crippen molar-refractivity contribution in [3.63, 3.8) is 0 Å². The van der Waals surface area contributed by atoms with Gasteiger partial charge < -0.3 is 5.11 Å². The second-order valence-corrected chi connectivity index (χ2v) is 10.5. The van der Waals surface area contributed by atoms with Crippen LogP contribution in [0.4, 0.5) is 0 Å². The SMILES string of the molecule is CC(C)(O)CC[Si](C)(C)C. The van der Waals surface area contributed by atoms with E-state index in [1.54, 1.807) is 0 Å². The summed E-state index contributed by atoms with van der Waals surface area (Å²) in [7, 11) is -0.927. The Kier molecular flexibility index (Phi) is 3.11. The summed E-state index contributed by atoms with van der Waals surface area (Å²) in [6.07, 6.45) is 0.947. The van der Waals surface area contributed by atoms with Gasteiger partial charge in [0, 0.05) is 8.07 Å². The molecule has 0 radical (unpaired) electrons. The number of rotatable bonds is 3. The lowest BCUT2D eigenvalue weighted by molar-refractivity contribution is 0.0761. The van der Waals surface area contributed by atoms with E-state index in [0.29, 0.717) is 0 Å². The molecule has 0 aliphatic heterocycles. The first-order valence-corrected chi connectivity index (χ1v) is 7.64. The highest BCUT2D eigenvalue weighted by Gasteiger charge is 2.19. The second-order valence-electron chi connectivity index (χ2n) is 4.87. The molecule has 1 N–H and O–H groups in total. The topological polar surface area (TPSA) is 20.2 Å². The Balaban J connectivity index is 3.56. The Morgan fingerprint density at radius 3 is 1.70 bits per heavy atom. The summed E-state index contributed by atoms with van der Waals surface area (Å²) in [6, 6.07) is 1.22. The van der Waals surface area contributed by atoms with Crippen LogP contribution in [0, 0.1) is 0 Å². The molecule has 0 aromatic carbocycles. The molecule has 10 heavy (non-hydrogen) atoms. The fourth-order valence-electron chi connectivity index (χ4n) is 0.681. The van der Waals surface area contributed by atoms with Gasteiger partial charge in [-0.1, -0.05) is 25.7 Å². The van der Waals surface area contributed by atoms with E-state index in [2.05, 4.69) is 19.6 Å². The lowest BCUT2D eigenvalue weighted by Crippen LogP contribution is -2.26. The Hall–Kier alpha value is 0.177. The largest absolute Gasteiger partial charge is 0.390 e. The first-order chi connectivity index (χ1) is 4.21. The third-order valence-electron chi connectivity index (χ3n) is 1.49. The molecule has 0 heterocycles. The van der Waals surface area contributed by atoms with E-state index in [1.165, 1.54) is 6.04 Å². The minimum absolute atomic E-state index is 0.458. The summed E-state index contributed by atoms with van der Waals surface area (Å²) in [6.45, 7) is 10.8. The summed E-state index contributed by atoms with van der Waals surface area (Å²) in [5.41, 5.74) is -0.458. The zero-order valence-electron chi connectivity index (χ0n) is 7.86. The molecule has 0 aliphatic rings. The summed E-state index contributed by atoms with van der Waals surface area (Å²) in [4.78, 5) is 0. The van der Waals surface area contributed by atoms with Gasteiger partial charge in [-0.2, -0.15) is 0 Å². The van der Waals surface area contributed by atoms with Crippen LogP contribution in [-0.2, 0) is 0 Å². The van der Waals surface area contributed by atoms with Crippen LogP contribution in [-0.4, -0.2) is 18.8 Å². The average Bonchev–Trinajstić information content (AvgIpc) is 1.57. The van der Waals surface area contributed by atoms with Crippen LogP contribution in [0.15, 0.2) is 0 Å². The van der Waals surface area contributed by atoms with Crippen LogP contribution in [0.2, 0.25) is 25.7 Å². The molecule has 0 spiro atoms. The second kappa shape index (κ2) is 3.05. The summed E-state index contributed by atoms with van der Waals surface area (Å²) >= 11 is 0. The van der Waals surface area contributed by atoms with Crippen molar-refractivity contribution >= 4 is 8.07 Å². The highest BCUT2D eigenvalue weighted by molar-refractivity contribution is 6.76. The predicted molar refractivity (Wildman–Crippen MR) is 49.1 cm³/mol. The highest BCUT2D eigenvalue weighted by atomic mass is 28.3. The van der Waals surface area contributed by atoms with Crippen molar-refractivity contribution in [2.45, 2.75) is 51.6 Å². The summed E-state index contributed by atoms with van der Waals surface area (Å²) in [5, 5.41) is 9.40. The summed E-state index contributed by atoms with van der Waals surface area (Å²) in [5.74, 6) is 0. The molecule has 0 atom stereocenters. The van der Waals surface area contributed by atoms with Crippen LogP contribution < -0.4 is 0 Å². The monoisotopic (exact) mass is 160 g/mol. The van der Waals surface area contributed by atoms with Crippen LogP contribution >= 0.6 is 0 Å². The maximum atomic E-state index is 9.40. The Bertz CT molecular complexity index is 82.8. The molecule has 0 aliphatic carbocycles. The van der Waals surface area contributed by atoms with Crippen molar-refractivity contribution in [3.05, 3.63) is 0 Å². The molecule has 1 nitrogen and oxygen atoms in total. The predicted octanol–water partition coefficient (Wildman–Crippen LogP) is 2.49. The minimum Gasteiger partial charge on any atom is -0.390 e. The van der Waals surface area contributed by atoms with Crippen LogP contribution in [0.5, 0.6) is 0 Å². The van der Waals surface area contributed by atoms with Gasteiger partial charge in [-0.25, -0.2) is 0 Å². The Morgan fingerprint density at radius 2 is 1.60 bits per heavy atom. The Labute approximate surface area is 65.5 Å². The highest BCUT2D eigenvalue weighted by Crippen LogP contribution is 2.18. The molecule has 0 unspecified atom stereocenters. The fraction of sp³-hybridized carbons (Fsp3) is 1.00. The van der Waals surface area contributed by atoms with E-state index in [4.69, 9.17) is 0 Å². The van der Waals surface area contributed by atoms with Crippen molar-refractivity contribution in [2.24, 2.45) is 0 Å². The lowest BCUT2D eigenvalue weighted by atomic mass is 10.1. The molecule has 62 valence electrons. The lowest BCUT2D eigenvalue weighted by Gasteiger charge is -2.22. The van der Waals surface area contributed by atoms with Gasteiger partial charge in [0.05, 0.1) is 5.60 Å². The smallest absolute Gasteiger partial charge is 0.0589 e. The molecule has 0 fully saturated rings. The van der Waals surface area contributed by atoms with E-state index in [1.807, 2.05) is 13.8 Å². The first kappa shape index (κ1) is 10.2. The van der Waals surface area contributed by atoms with E-state index in [0.717, 1.165) is 6.42 Å². The molecule has 0 saturated heterocycles. The molecule has 0 saturated carbocycles. The molecule has 0 aromatic rings. The number of aliphatic hydroxyl groups is 1. The average molecular weight is 160 g/mol. The normalized spacial score (nSPS) is 13.8. The van der Waals surface area contributed by atoms with E-state index < -0.39 is 13.7 Å². The Morgan fingerprint density at radius 1 is 1.20 bits per heavy atom. The summed E-state index contributed by atoms with van der Waals surface area (Å²) < 4.78 is 0. The van der Waals surface area contributed by atoms with Gasteiger partial charge in [0.2, 0.25) is 0 Å². The maximum Gasteiger partial charge on any atom is 0.0589 e. The molecular formula is C8H20OSi. The van der Waals surface area contributed by atoms with E-state index in [-0.39, 0.29) is 0 Å². The van der Waals surface area contributed by atoms with E-state index >= 15 is 0 Å².